The van der Waals surface area contributed by atoms with Gasteiger partial charge in [0.1, 0.15) is 5.25 Å². The Hall–Kier alpha value is -1.93. The van der Waals surface area contributed by atoms with E-state index in [0.29, 0.717) is 13.1 Å². The number of hydrogen-bond donors (Lipinski definition) is 1. The Labute approximate surface area is 153 Å². The zero-order chi connectivity index (χ0) is 17.4. The van der Waals surface area contributed by atoms with Crippen LogP contribution in [0, 0.1) is 0 Å². The van der Waals surface area contributed by atoms with Crippen molar-refractivity contribution in [3.05, 3.63) is 29.3 Å². The van der Waals surface area contributed by atoms with E-state index in [4.69, 9.17) is 4.98 Å². The smallest absolute Gasteiger partial charge is 0.286 e. The number of piperidine rings is 1. The molecule has 0 radical (unpaired) electrons. The first kappa shape index (κ1) is 16.5. The molecule has 2 fully saturated rings. The van der Waals surface area contributed by atoms with E-state index in [-0.39, 0.29) is 29.4 Å². The Morgan fingerprint density at radius 1 is 1.32 bits per heavy atom. The summed E-state index contributed by atoms with van der Waals surface area (Å²) in [5.41, 5.74) is 1.00. The highest BCUT2D eigenvalue weighted by molar-refractivity contribution is 8.15. The van der Waals surface area contributed by atoms with Gasteiger partial charge in [0.15, 0.2) is 0 Å². The lowest BCUT2D eigenvalue weighted by Crippen LogP contribution is -2.41. The fourth-order valence-corrected chi connectivity index (χ4v) is 5.19. The number of likely N-dealkylation sites (tertiary alicyclic amines) is 1. The fourth-order valence-electron chi connectivity index (χ4n) is 3.29. The van der Waals surface area contributed by atoms with Gasteiger partial charge in [-0.05, 0) is 25.0 Å². The number of imide groups is 1. The largest absolute Gasteiger partial charge is 0.342 e. The van der Waals surface area contributed by atoms with Crippen molar-refractivity contribution in [2.24, 2.45) is 0 Å². The summed E-state index contributed by atoms with van der Waals surface area (Å²) >= 11 is 2.60. The van der Waals surface area contributed by atoms with E-state index in [2.05, 4.69) is 11.4 Å². The van der Waals surface area contributed by atoms with Crippen molar-refractivity contribution in [3.63, 3.8) is 0 Å². The lowest BCUT2D eigenvalue weighted by atomic mass is 9.98. The van der Waals surface area contributed by atoms with Crippen LogP contribution in [0.3, 0.4) is 0 Å². The third kappa shape index (κ3) is 3.41. The molecule has 1 aromatic carbocycles. The number of thiazole rings is 1. The minimum absolute atomic E-state index is 0.0619. The van der Waals surface area contributed by atoms with Crippen LogP contribution in [0.25, 0.3) is 10.2 Å². The molecule has 2 aliphatic rings. The van der Waals surface area contributed by atoms with E-state index in [1.807, 2.05) is 23.1 Å². The minimum atomic E-state index is -0.595. The van der Waals surface area contributed by atoms with Gasteiger partial charge in [0, 0.05) is 25.4 Å². The van der Waals surface area contributed by atoms with Crippen LogP contribution in [0.15, 0.2) is 24.3 Å². The van der Waals surface area contributed by atoms with Crippen molar-refractivity contribution in [1.29, 1.82) is 0 Å². The van der Waals surface area contributed by atoms with Crippen LogP contribution in [-0.2, 0) is 9.59 Å². The normalized spacial score (nSPS) is 23.9. The number of aromatic nitrogens is 1. The highest BCUT2D eigenvalue weighted by atomic mass is 32.2. The Morgan fingerprint density at radius 2 is 2.16 bits per heavy atom. The summed E-state index contributed by atoms with van der Waals surface area (Å²) < 4.78 is 1.17. The van der Waals surface area contributed by atoms with Crippen LogP contribution in [0.5, 0.6) is 0 Å². The molecule has 8 heteroatoms. The van der Waals surface area contributed by atoms with Gasteiger partial charge >= 0.3 is 0 Å². The van der Waals surface area contributed by atoms with Gasteiger partial charge in [-0.15, -0.1) is 11.3 Å². The summed E-state index contributed by atoms with van der Waals surface area (Å²) in [6, 6.07) is 8.06. The molecule has 2 saturated heterocycles. The topological polar surface area (TPSA) is 79.4 Å². The SMILES string of the molecule is O=C1NC(=O)[C@@H](CC(=O)N2CCC[C@@H](c3nc4ccccc4s3)C2)S1. The van der Waals surface area contributed by atoms with Crippen LogP contribution >= 0.6 is 23.1 Å². The Balaban J connectivity index is 1.44. The number of carbonyl (C=O) groups is 3. The first-order valence-electron chi connectivity index (χ1n) is 8.25. The van der Waals surface area contributed by atoms with Gasteiger partial charge in [0.25, 0.3) is 5.24 Å². The molecule has 1 N–H and O–H groups in total. The second-order valence-corrected chi connectivity index (χ2v) is 8.52. The molecule has 4 rings (SSSR count). The van der Waals surface area contributed by atoms with E-state index in [1.54, 1.807) is 11.3 Å². The van der Waals surface area contributed by atoms with Crippen molar-refractivity contribution >= 4 is 50.4 Å². The summed E-state index contributed by atoms with van der Waals surface area (Å²) in [5.74, 6) is -0.182. The van der Waals surface area contributed by atoms with Crippen LogP contribution in [0.1, 0.15) is 30.2 Å². The number of amides is 3. The summed E-state index contributed by atoms with van der Waals surface area (Å²) in [5, 5.41) is 2.34. The molecular formula is C17H17N3O3S2. The van der Waals surface area contributed by atoms with Gasteiger partial charge in [0.2, 0.25) is 11.8 Å². The predicted octanol–water partition coefficient (Wildman–Crippen LogP) is 2.74. The van der Waals surface area contributed by atoms with Crippen LogP contribution in [-0.4, -0.2) is 45.3 Å². The van der Waals surface area contributed by atoms with Crippen molar-refractivity contribution in [1.82, 2.24) is 15.2 Å². The number of nitrogens with zero attached hydrogens (tertiary/aromatic N) is 2. The number of benzene rings is 1. The molecule has 2 aliphatic heterocycles. The molecule has 2 atom stereocenters. The van der Waals surface area contributed by atoms with Crippen molar-refractivity contribution in [2.45, 2.75) is 30.4 Å². The average molecular weight is 375 g/mol. The molecular weight excluding hydrogens is 358 g/mol. The van der Waals surface area contributed by atoms with E-state index in [1.165, 1.54) is 4.70 Å². The highest BCUT2D eigenvalue weighted by Crippen LogP contribution is 2.33. The van der Waals surface area contributed by atoms with Crippen LogP contribution in [0.2, 0.25) is 0 Å². The predicted molar refractivity (Wildman–Crippen MR) is 97.7 cm³/mol. The molecule has 25 heavy (non-hydrogen) atoms. The van der Waals surface area contributed by atoms with Gasteiger partial charge in [-0.1, -0.05) is 23.9 Å². The molecule has 3 amide bonds. The zero-order valence-corrected chi connectivity index (χ0v) is 15.1. The lowest BCUT2D eigenvalue weighted by Gasteiger charge is -2.32. The third-order valence-corrected chi connectivity index (χ3v) is 6.74. The van der Waals surface area contributed by atoms with Crippen molar-refractivity contribution in [3.8, 4) is 0 Å². The number of nitrogens with one attached hydrogen (secondary N) is 1. The van der Waals surface area contributed by atoms with Crippen LogP contribution in [0.4, 0.5) is 4.79 Å². The molecule has 0 bridgehead atoms. The number of fused-ring (bicyclic) bond motifs is 1. The molecule has 0 saturated carbocycles. The maximum Gasteiger partial charge on any atom is 0.286 e. The molecule has 0 spiro atoms. The highest BCUT2D eigenvalue weighted by Gasteiger charge is 2.35. The van der Waals surface area contributed by atoms with Gasteiger partial charge in [-0.25, -0.2) is 4.98 Å². The van der Waals surface area contributed by atoms with E-state index in [0.717, 1.165) is 35.1 Å². The minimum Gasteiger partial charge on any atom is -0.342 e. The standard InChI is InChI=1S/C17H17N3O3S2/c21-14(8-13-15(22)19-17(23)25-13)20-7-3-4-10(9-20)16-18-11-5-1-2-6-12(11)24-16/h1-2,5-6,10,13H,3-4,7-9H2,(H,19,22,23)/t10-,13-/m1/s1. The maximum absolute atomic E-state index is 12.6. The Morgan fingerprint density at radius 3 is 2.92 bits per heavy atom. The number of thioether (sulfide) groups is 1. The van der Waals surface area contributed by atoms with Crippen molar-refractivity contribution < 1.29 is 14.4 Å². The molecule has 2 aromatic rings. The summed E-state index contributed by atoms with van der Waals surface area (Å²) in [7, 11) is 0. The van der Waals surface area contributed by atoms with E-state index in [9.17, 15) is 14.4 Å². The second kappa shape index (κ2) is 6.76. The monoisotopic (exact) mass is 375 g/mol. The van der Waals surface area contributed by atoms with E-state index >= 15 is 0 Å². The summed E-state index contributed by atoms with van der Waals surface area (Å²) in [4.78, 5) is 42.0. The molecule has 1 aromatic heterocycles. The fraction of sp³-hybridized carbons (Fsp3) is 0.412. The number of carbonyl (C=O) groups excluding carboxylic acids is 3. The first-order chi connectivity index (χ1) is 12.1. The first-order valence-corrected chi connectivity index (χ1v) is 9.94. The van der Waals surface area contributed by atoms with Gasteiger partial charge in [-0.3, -0.25) is 19.7 Å². The molecule has 130 valence electrons. The van der Waals surface area contributed by atoms with Gasteiger partial charge in [0.05, 0.1) is 15.2 Å². The zero-order valence-electron chi connectivity index (χ0n) is 13.4. The van der Waals surface area contributed by atoms with Gasteiger partial charge < -0.3 is 4.90 Å². The third-order valence-electron chi connectivity index (χ3n) is 4.56. The van der Waals surface area contributed by atoms with Crippen LogP contribution < -0.4 is 5.32 Å². The molecule has 6 nitrogen and oxygen atoms in total. The van der Waals surface area contributed by atoms with E-state index < -0.39 is 5.25 Å². The number of hydrogen-bond acceptors (Lipinski definition) is 6. The maximum atomic E-state index is 12.6. The Kier molecular flexibility index (Phi) is 4.47. The number of rotatable bonds is 3. The summed E-state index contributed by atoms with van der Waals surface area (Å²) in [6.45, 7) is 1.33. The second-order valence-electron chi connectivity index (χ2n) is 6.29. The molecule has 0 aliphatic carbocycles. The van der Waals surface area contributed by atoms with Crippen molar-refractivity contribution in [2.75, 3.05) is 13.1 Å². The van der Waals surface area contributed by atoms with Gasteiger partial charge in [-0.2, -0.15) is 0 Å². The Bertz CT molecular complexity index is 818. The quantitative estimate of drug-likeness (QED) is 0.892. The molecule has 3 heterocycles. The summed E-state index contributed by atoms with van der Waals surface area (Å²) in [6.07, 6.45) is 2.02. The molecule has 0 unspecified atom stereocenters. The average Bonchev–Trinajstić information content (AvgIpc) is 3.18. The number of para-hydroxylation sites is 1. The lowest BCUT2D eigenvalue weighted by molar-refractivity contribution is -0.134.